The number of H-pyrrole nitrogens is 1. The summed E-state index contributed by atoms with van der Waals surface area (Å²) in [6.45, 7) is 0.976. The molecule has 0 bridgehead atoms. The topological polar surface area (TPSA) is 137 Å². The van der Waals surface area contributed by atoms with Gasteiger partial charge in [-0.05, 0) is 42.3 Å². The Bertz CT molecular complexity index is 1460. The van der Waals surface area contributed by atoms with Crippen LogP contribution in [0.1, 0.15) is 28.4 Å². The van der Waals surface area contributed by atoms with Gasteiger partial charge in [-0.15, -0.1) is 0 Å². The largest absolute Gasteiger partial charge is 0.493 e. The molecule has 0 saturated heterocycles. The Morgan fingerprint density at radius 2 is 2.00 bits per heavy atom. The van der Waals surface area contributed by atoms with Crippen molar-refractivity contribution in [2.24, 2.45) is 4.99 Å². The number of nitrogens with zero attached hydrogens (tertiary/aromatic N) is 2. The first-order valence-corrected chi connectivity index (χ1v) is 11.6. The maximum absolute atomic E-state index is 13.8. The van der Waals surface area contributed by atoms with Crippen LogP contribution in [-0.4, -0.2) is 37.3 Å². The van der Waals surface area contributed by atoms with Crippen molar-refractivity contribution in [3.05, 3.63) is 79.9 Å². The van der Waals surface area contributed by atoms with Gasteiger partial charge in [-0.25, -0.2) is 18.1 Å². The smallest absolute Gasteiger partial charge is 0.469 e. The molecule has 1 unspecified atom stereocenters. The number of halogens is 3. The summed E-state index contributed by atoms with van der Waals surface area (Å²) in [5.74, 6) is -3.03. The van der Waals surface area contributed by atoms with E-state index in [1.54, 1.807) is 19.1 Å². The molecule has 1 aromatic heterocycles. The monoisotopic (exact) mass is 511 g/mol. The van der Waals surface area contributed by atoms with Crippen molar-refractivity contribution in [2.75, 3.05) is 6.61 Å². The molecule has 13 heteroatoms. The van der Waals surface area contributed by atoms with E-state index in [2.05, 4.69) is 14.5 Å². The van der Waals surface area contributed by atoms with Gasteiger partial charge in [-0.1, -0.05) is 23.7 Å². The first-order valence-electron chi connectivity index (χ1n) is 9.70. The number of phosphoric acid groups is 1. The molecule has 0 amide bonds. The van der Waals surface area contributed by atoms with Crippen LogP contribution >= 0.6 is 19.4 Å². The average molecular weight is 512 g/mol. The molecule has 9 nitrogen and oxygen atoms in total. The van der Waals surface area contributed by atoms with Gasteiger partial charge in [0.1, 0.15) is 5.69 Å². The normalized spacial score (nSPS) is 15.2. The molecule has 2 aromatic carbocycles. The highest BCUT2D eigenvalue weighted by molar-refractivity contribution is 7.46. The summed E-state index contributed by atoms with van der Waals surface area (Å²) in [5.41, 5.74) is 1.65. The first-order chi connectivity index (χ1) is 16.0. The molecule has 1 aliphatic rings. The number of fused-ring (bicyclic) bond motifs is 1. The summed E-state index contributed by atoms with van der Waals surface area (Å²) >= 11 is 6.12. The highest BCUT2D eigenvalue weighted by Crippen LogP contribution is 2.40. The van der Waals surface area contributed by atoms with Crippen LogP contribution in [0.3, 0.4) is 0 Å². The third kappa shape index (κ3) is 4.61. The van der Waals surface area contributed by atoms with E-state index in [1.807, 2.05) is 0 Å². The Kier molecular flexibility index (Phi) is 6.32. The molecule has 3 aromatic rings. The Hall–Kier alpha value is -3.08. The molecule has 4 rings (SSSR count). The van der Waals surface area contributed by atoms with E-state index in [9.17, 15) is 23.2 Å². The summed E-state index contributed by atoms with van der Waals surface area (Å²) in [6.07, 6.45) is 2.97. The lowest BCUT2D eigenvalue weighted by Crippen LogP contribution is -2.26. The number of imidazole rings is 1. The molecular formula is C21H17ClF2N3O6P. The van der Waals surface area contributed by atoms with Gasteiger partial charge in [-0.3, -0.25) is 14.1 Å². The molecule has 0 saturated carbocycles. The third-order valence-corrected chi connectivity index (χ3v) is 6.17. The van der Waals surface area contributed by atoms with Crippen LogP contribution < -0.4 is 5.69 Å². The van der Waals surface area contributed by atoms with Crippen molar-refractivity contribution < 1.29 is 32.8 Å². The molecule has 0 aliphatic carbocycles. The van der Waals surface area contributed by atoms with Crippen molar-refractivity contribution >= 4 is 43.0 Å². The zero-order valence-corrected chi connectivity index (χ0v) is 19.0. The number of aliphatic imine (C=N–C) groups is 1. The molecule has 1 aliphatic heterocycles. The summed E-state index contributed by atoms with van der Waals surface area (Å²) < 4.78 is 43.8. The van der Waals surface area contributed by atoms with Gasteiger partial charge in [-0.2, -0.15) is 0 Å². The number of rotatable bonds is 6. The van der Waals surface area contributed by atoms with Gasteiger partial charge in [0.15, 0.2) is 11.6 Å². The number of phosphoric ester groups is 1. The number of hydrogen-bond acceptors (Lipinski definition) is 5. The molecule has 0 fully saturated rings. The van der Waals surface area contributed by atoms with Gasteiger partial charge < -0.3 is 19.9 Å². The second kappa shape index (κ2) is 8.94. The van der Waals surface area contributed by atoms with Gasteiger partial charge in [0, 0.05) is 22.4 Å². The quantitative estimate of drug-likeness (QED) is 0.368. The van der Waals surface area contributed by atoms with Gasteiger partial charge in [0.05, 0.1) is 18.3 Å². The van der Waals surface area contributed by atoms with Crippen LogP contribution in [0.2, 0.25) is 5.02 Å². The molecule has 2 heterocycles. The van der Waals surface area contributed by atoms with Gasteiger partial charge >= 0.3 is 13.5 Å². The van der Waals surface area contributed by atoms with Crippen LogP contribution in [0, 0.1) is 18.6 Å². The summed E-state index contributed by atoms with van der Waals surface area (Å²) in [5, 5.41) is 11.3. The van der Waals surface area contributed by atoms with Crippen LogP contribution in [-0.2, 0) is 9.09 Å². The second-order valence-electron chi connectivity index (χ2n) is 7.44. The fourth-order valence-electron chi connectivity index (χ4n) is 3.60. The lowest BCUT2D eigenvalue weighted by Gasteiger charge is -2.19. The number of allylic oxidation sites excluding steroid dienone is 1. The summed E-state index contributed by atoms with van der Waals surface area (Å²) in [7, 11) is -4.99. The molecule has 4 N–H and O–H groups in total. The molecule has 34 heavy (non-hydrogen) atoms. The standard InChI is InChI=1S/C21H17ClF2N3O6P/c1-10-14(22)4-3-13-12(8-25-19(10)13)7-17-20(28)27(21(29)26-17)18(9-33-34(30,31)32)11-2-5-15(23)16(24)6-11/h2-8,18,28H,9H2,1H3,(H,26,29)(H2,30,31,32). The Balaban J connectivity index is 1.79. The number of nitrogens with one attached hydrogen (secondary N) is 1. The van der Waals surface area contributed by atoms with Crippen molar-refractivity contribution in [1.82, 2.24) is 9.55 Å². The second-order valence-corrected chi connectivity index (χ2v) is 9.09. The van der Waals surface area contributed by atoms with Crippen molar-refractivity contribution in [1.29, 1.82) is 0 Å². The Morgan fingerprint density at radius 3 is 2.68 bits per heavy atom. The summed E-state index contributed by atoms with van der Waals surface area (Å²) in [4.78, 5) is 37.7. The van der Waals surface area contributed by atoms with Crippen LogP contribution in [0.4, 0.5) is 14.5 Å². The van der Waals surface area contributed by atoms with Crippen LogP contribution in [0.25, 0.3) is 11.6 Å². The van der Waals surface area contributed by atoms with E-state index < -0.39 is 43.7 Å². The fourth-order valence-corrected chi connectivity index (χ4v) is 4.09. The molecule has 178 valence electrons. The predicted molar refractivity (Wildman–Crippen MR) is 121 cm³/mol. The van der Waals surface area contributed by atoms with E-state index in [1.165, 1.54) is 12.3 Å². The molecule has 1 atom stereocenters. The Morgan fingerprint density at radius 1 is 1.26 bits per heavy atom. The van der Waals surface area contributed by atoms with E-state index in [0.29, 0.717) is 21.8 Å². The fraction of sp³-hybridized carbons (Fsp3) is 0.143. The van der Waals surface area contributed by atoms with E-state index in [0.717, 1.165) is 28.3 Å². The first kappa shape index (κ1) is 24.1. The number of aromatic nitrogens is 2. The average Bonchev–Trinajstić information content (AvgIpc) is 3.29. The van der Waals surface area contributed by atoms with Gasteiger partial charge in [0.2, 0.25) is 5.88 Å². The summed E-state index contributed by atoms with van der Waals surface area (Å²) in [6, 6.07) is 4.65. The van der Waals surface area contributed by atoms with Gasteiger partial charge in [0.25, 0.3) is 0 Å². The lowest BCUT2D eigenvalue weighted by molar-refractivity contribution is 0.174. The minimum Gasteiger partial charge on any atom is -0.493 e. The van der Waals surface area contributed by atoms with Crippen molar-refractivity contribution in [3.63, 3.8) is 0 Å². The predicted octanol–water partition coefficient (Wildman–Crippen LogP) is 4.08. The lowest BCUT2D eigenvalue weighted by atomic mass is 10.0. The third-order valence-electron chi connectivity index (χ3n) is 5.28. The number of aromatic amines is 1. The van der Waals surface area contributed by atoms with Crippen molar-refractivity contribution in [3.8, 4) is 5.88 Å². The SMILES string of the molecule is Cc1c(Cl)ccc2c1N=CC2=Cc1[nH]c(=O)n(C(COP(=O)(O)O)c2ccc(F)c(F)c2)c1O. The number of hydrogen-bond donors (Lipinski definition) is 4. The minimum atomic E-state index is -4.99. The maximum Gasteiger partial charge on any atom is 0.469 e. The van der Waals surface area contributed by atoms with Crippen LogP contribution in [0.5, 0.6) is 5.88 Å². The van der Waals surface area contributed by atoms with Crippen LogP contribution in [0.15, 0.2) is 40.1 Å². The Labute approximate surface area is 195 Å². The van der Waals surface area contributed by atoms with E-state index in [-0.39, 0.29) is 11.3 Å². The van der Waals surface area contributed by atoms with E-state index >= 15 is 0 Å². The highest BCUT2D eigenvalue weighted by Gasteiger charge is 2.27. The zero-order chi connectivity index (χ0) is 24.8. The number of aromatic hydroxyl groups is 1. The zero-order valence-electron chi connectivity index (χ0n) is 17.4. The molecule has 0 spiro atoms. The number of benzene rings is 2. The highest BCUT2D eigenvalue weighted by atomic mass is 35.5. The minimum absolute atomic E-state index is 0.0457. The molecular weight excluding hydrogens is 495 g/mol. The van der Waals surface area contributed by atoms with E-state index in [4.69, 9.17) is 21.4 Å². The molecule has 0 radical (unpaired) electrons. The van der Waals surface area contributed by atoms with Crippen molar-refractivity contribution in [2.45, 2.75) is 13.0 Å². The maximum atomic E-state index is 13.8.